The van der Waals surface area contributed by atoms with E-state index in [-0.39, 0.29) is 5.78 Å². The van der Waals surface area contributed by atoms with Crippen molar-refractivity contribution in [2.75, 3.05) is 0 Å². The summed E-state index contributed by atoms with van der Waals surface area (Å²) in [6.07, 6.45) is 0. The molecule has 0 saturated carbocycles. The van der Waals surface area contributed by atoms with Crippen molar-refractivity contribution in [2.45, 2.75) is 5.60 Å². The lowest BCUT2D eigenvalue weighted by Gasteiger charge is -2.30. The van der Waals surface area contributed by atoms with E-state index in [4.69, 9.17) is 0 Å². The normalized spacial score (nSPS) is 11.4. The molecule has 4 aromatic carbocycles. The van der Waals surface area contributed by atoms with E-state index in [1.807, 2.05) is 84.9 Å². The number of hydrogen-bond acceptors (Lipinski definition) is 2. The highest BCUT2D eigenvalue weighted by Crippen LogP contribution is 2.37. The third-order valence-electron chi connectivity index (χ3n) is 5.20. The molecular weight excluding hydrogens is 725 g/mol. The van der Waals surface area contributed by atoms with Gasteiger partial charge in [0.05, 0.1) is 0 Å². The Morgan fingerprint density at radius 2 is 0.774 bits per heavy atom. The number of carbonyl (C=O) groups is 1. The van der Waals surface area contributed by atoms with E-state index in [9.17, 15) is 9.90 Å². The van der Waals surface area contributed by atoms with Crippen LogP contribution in [0.4, 0.5) is 0 Å². The number of ketones is 1. The largest absolute Gasteiger partial charge is 0.376 e. The van der Waals surface area contributed by atoms with Gasteiger partial charge >= 0.3 is 0 Å². The highest BCUT2D eigenvalue weighted by atomic mass is 127. The predicted octanol–water partition coefficient (Wildman–Crippen LogP) is 7.02. The zero-order chi connectivity index (χ0) is 22.0. The van der Waals surface area contributed by atoms with E-state index >= 15 is 0 Å². The fourth-order valence-electron chi connectivity index (χ4n) is 3.51. The lowest BCUT2D eigenvalue weighted by atomic mass is 9.80. The zero-order valence-corrected chi connectivity index (χ0v) is 22.7. The molecule has 0 aliphatic heterocycles. The molecular formula is C26H17I3O2. The summed E-state index contributed by atoms with van der Waals surface area (Å²) in [4.78, 5) is 12.9. The van der Waals surface area contributed by atoms with Crippen molar-refractivity contribution in [3.63, 3.8) is 0 Å². The summed E-state index contributed by atoms with van der Waals surface area (Å²) in [6.45, 7) is 0. The Morgan fingerprint density at radius 1 is 0.516 bits per heavy atom. The summed E-state index contributed by atoms with van der Waals surface area (Å²) < 4.78 is 3.29. The van der Waals surface area contributed by atoms with Crippen molar-refractivity contribution >= 4 is 73.6 Å². The molecule has 0 unspecified atom stereocenters. The van der Waals surface area contributed by atoms with Crippen LogP contribution in [0.1, 0.15) is 32.6 Å². The van der Waals surface area contributed by atoms with Crippen molar-refractivity contribution in [1.29, 1.82) is 0 Å². The van der Waals surface area contributed by atoms with Crippen LogP contribution in [0, 0.1) is 10.7 Å². The van der Waals surface area contributed by atoms with Crippen LogP contribution in [0.5, 0.6) is 0 Å². The summed E-state index contributed by atoms with van der Waals surface area (Å²) in [7, 11) is 0. The maximum absolute atomic E-state index is 12.9. The Hall–Kier alpha value is -1.30. The molecule has 154 valence electrons. The lowest BCUT2D eigenvalue weighted by molar-refractivity contribution is 0.103. The first-order chi connectivity index (χ1) is 14.9. The van der Waals surface area contributed by atoms with E-state index in [2.05, 4.69) is 67.8 Å². The Labute approximate surface area is 222 Å². The quantitative estimate of drug-likeness (QED) is 0.136. The maximum Gasteiger partial charge on any atom is 0.193 e. The van der Waals surface area contributed by atoms with Crippen LogP contribution in [0.25, 0.3) is 0 Å². The summed E-state index contributed by atoms with van der Waals surface area (Å²) in [5.41, 5.74) is 2.21. The van der Waals surface area contributed by atoms with Crippen LogP contribution in [0.15, 0.2) is 97.1 Å². The first kappa shape index (κ1) is 22.9. The average Bonchev–Trinajstić information content (AvgIpc) is 2.80. The molecule has 0 spiro atoms. The molecule has 2 nitrogen and oxygen atoms in total. The summed E-state index contributed by atoms with van der Waals surface area (Å²) >= 11 is 6.74. The zero-order valence-electron chi connectivity index (χ0n) is 16.2. The molecule has 0 atom stereocenters. The molecule has 1 N–H and O–H groups in total. The fraction of sp³-hybridized carbons (Fsp3) is 0.0385. The van der Waals surface area contributed by atoms with Gasteiger partial charge in [0.1, 0.15) is 5.60 Å². The first-order valence-corrected chi connectivity index (χ1v) is 12.8. The molecule has 0 aliphatic carbocycles. The van der Waals surface area contributed by atoms with Crippen LogP contribution in [-0.4, -0.2) is 10.9 Å². The predicted molar refractivity (Wildman–Crippen MR) is 149 cm³/mol. The third kappa shape index (κ3) is 4.89. The van der Waals surface area contributed by atoms with Crippen molar-refractivity contribution in [2.24, 2.45) is 0 Å². The van der Waals surface area contributed by atoms with Gasteiger partial charge in [0, 0.05) is 21.8 Å². The van der Waals surface area contributed by atoms with Crippen molar-refractivity contribution in [3.8, 4) is 0 Å². The second-order valence-electron chi connectivity index (χ2n) is 7.14. The van der Waals surface area contributed by atoms with Crippen LogP contribution in [0.3, 0.4) is 0 Å². The van der Waals surface area contributed by atoms with Crippen LogP contribution in [-0.2, 0) is 5.60 Å². The summed E-state index contributed by atoms with van der Waals surface area (Å²) in [6, 6.07) is 30.5. The molecule has 0 heterocycles. The number of carbonyl (C=O) groups excluding carboxylic acids is 1. The Balaban J connectivity index is 1.77. The van der Waals surface area contributed by atoms with Crippen LogP contribution >= 0.6 is 67.8 Å². The monoisotopic (exact) mass is 742 g/mol. The molecule has 0 bridgehead atoms. The molecule has 0 aliphatic rings. The minimum atomic E-state index is -1.32. The van der Waals surface area contributed by atoms with Gasteiger partial charge in [0.2, 0.25) is 0 Å². The van der Waals surface area contributed by atoms with E-state index < -0.39 is 5.60 Å². The molecule has 0 aromatic heterocycles. The smallest absolute Gasteiger partial charge is 0.193 e. The second kappa shape index (κ2) is 9.68. The number of benzene rings is 4. The number of hydrogen-bond donors (Lipinski definition) is 1. The van der Waals surface area contributed by atoms with Gasteiger partial charge in [-0.05, 0) is 133 Å². The Kier molecular flexibility index (Phi) is 7.14. The van der Waals surface area contributed by atoms with Crippen LogP contribution in [0.2, 0.25) is 0 Å². The SMILES string of the molecule is O=C(c1ccc(I)cc1)c1ccc(C(O)(c2ccc(I)cc2)c2ccc(I)cc2)cc1. The lowest BCUT2D eigenvalue weighted by Crippen LogP contribution is -2.29. The van der Waals surface area contributed by atoms with Gasteiger partial charge in [-0.2, -0.15) is 0 Å². The van der Waals surface area contributed by atoms with Crippen molar-refractivity contribution in [3.05, 3.63) is 136 Å². The summed E-state index contributed by atoms with van der Waals surface area (Å²) in [5.74, 6) is -0.0324. The molecule has 0 saturated heterocycles. The minimum Gasteiger partial charge on any atom is -0.376 e. The van der Waals surface area contributed by atoms with Gasteiger partial charge in [-0.3, -0.25) is 4.79 Å². The molecule has 0 fully saturated rings. The number of rotatable bonds is 5. The molecule has 0 amide bonds. The number of aliphatic hydroxyl groups is 1. The minimum absolute atomic E-state index is 0.0324. The van der Waals surface area contributed by atoms with Crippen molar-refractivity contribution < 1.29 is 9.90 Å². The van der Waals surface area contributed by atoms with Gasteiger partial charge < -0.3 is 5.11 Å². The Morgan fingerprint density at radius 3 is 1.13 bits per heavy atom. The number of halogens is 3. The maximum atomic E-state index is 12.9. The molecule has 4 rings (SSSR count). The topological polar surface area (TPSA) is 37.3 Å². The van der Waals surface area contributed by atoms with E-state index in [1.165, 1.54) is 0 Å². The molecule has 31 heavy (non-hydrogen) atoms. The second-order valence-corrected chi connectivity index (χ2v) is 10.9. The molecule has 5 heteroatoms. The van der Waals surface area contributed by atoms with Crippen LogP contribution < -0.4 is 0 Å². The third-order valence-corrected chi connectivity index (χ3v) is 7.35. The summed E-state index contributed by atoms with van der Waals surface area (Å²) in [5, 5.41) is 12.0. The first-order valence-electron chi connectivity index (χ1n) is 9.53. The van der Waals surface area contributed by atoms with E-state index in [1.54, 1.807) is 12.1 Å². The molecule has 0 radical (unpaired) electrons. The highest BCUT2D eigenvalue weighted by Gasteiger charge is 2.34. The van der Waals surface area contributed by atoms with E-state index in [0.717, 1.165) is 21.8 Å². The van der Waals surface area contributed by atoms with Crippen molar-refractivity contribution in [1.82, 2.24) is 0 Å². The van der Waals surface area contributed by atoms with Gasteiger partial charge in [0.15, 0.2) is 5.78 Å². The highest BCUT2D eigenvalue weighted by molar-refractivity contribution is 14.1. The molecule has 4 aromatic rings. The fourth-order valence-corrected chi connectivity index (χ4v) is 4.59. The van der Waals surface area contributed by atoms with Gasteiger partial charge in [0.25, 0.3) is 0 Å². The standard InChI is InChI=1S/C26H17I3O2/c27-22-11-3-18(4-12-22)25(30)17-1-5-19(6-2-17)26(31,20-7-13-23(28)14-8-20)21-9-15-24(29)16-10-21/h1-16,31H. The van der Waals surface area contributed by atoms with Gasteiger partial charge in [-0.1, -0.05) is 48.5 Å². The van der Waals surface area contributed by atoms with Gasteiger partial charge in [-0.15, -0.1) is 0 Å². The van der Waals surface area contributed by atoms with Gasteiger partial charge in [-0.25, -0.2) is 0 Å². The average molecular weight is 742 g/mol. The Bertz CT molecular complexity index is 1150. The van der Waals surface area contributed by atoms with E-state index in [0.29, 0.717) is 16.7 Å².